The van der Waals surface area contributed by atoms with Gasteiger partial charge in [0.2, 0.25) is 15.5 Å². The Morgan fingerprint density at radius 2 is 1.72 bits per heavy atom. The molecule has 1 saturated heterocycles. The van der Waals surface area contributed by atoms with E-state index in [1.54, 1.807) is 42.6 Å². The summed E-state index contributed by atoms with van der Waals surface area (Å²) in [5.74, 6) is -0.329. The minimum Gasteiger partial charge on any atom is -0.365 e. The van der Waals surface area contributed by atoms with Gasteiger partial charge in [-0.1, -0.05) is 31.5 Å². The van der Waals surface area contributed by atoms with Crippen LogP contribution in [0.5, 0.6) is 0 Å². The minimum atomic E-state index is -3.73. The first kappa shape index (κ1) is 25.9. The van der Waals surface area contributed by atoms with Gasteiger partial charge in [0.1, 0.15) is 5.56 Å². The van der Waals surface area contributed by atoms with Gasteiger partial charge in [-0.15, -0.1) is 0 Å². The number of fused-ring (bicyclic) bond motifs is 1. The van der Waals surface area contributed by atoms with Crippen molar-refractivity contribution in [2.75, 3.05) is 37.6 Å². The standard InChI is InChI=1S/C27H34N4O4S/c1-6-30(7-2)36(34,35)22-12-13-25-23(16-22)26(32)24(18-28(25)5)27(33)29-14-15-31(20(4)17-29)21-10-8-19(3)9-11-21/h8-13,16,18,20H,6-7,14-15,17H2,1-5H3/t20-/m0/s1. The fourth-order valence-electron chi connectivity index (χ4n) is 4.93. The highest BCUT2D eigenvalue weighted by Crippen LogP contribution is 2.23. The van der Waals surface area contributed by atoms with Crippen LogP contribution in [0.4, 0.5) is 5.69 Å². The molecule has 0 spiro atoms. The van der Waals surface area contributed by atoms with Crippen molar-refractivity contribution in [1.82, 2.24) is 13.8 Å². The van der Waals surface area contributed by atoms with Gasteiger partial charge in [0.25, 0.3) is 5.91 Å². The molecular formula is C27H34N4O4S. The van der Waals surface area contributed by atoms with E-state index in [9.17, 15) is 18.0 Å². The van der Waals surface area contributed by atoms with Crippen molar-refractivity contribution in [3.63, 3.8) is 0 Å². The van der Waals surface area contributed by atoms with E-state index in [0.29, 0.717) is 38.2 Å². The number of benzene rings is 2. The largest absolute Gasteiger partial charge is 0.365 e. The van der Waals surface area contributed by atoms with Crippen LogP contribution < -0.4 is 10.3 Å². The van der Waals surface area contributed by atoms with Gasteiger partial charge in [-0.3, -0.25) is 9.59 Å². The molecule has 1 fully saturated rings. The van der Waals surface area contributed by atoms with Crippen molar-refractivity contribution >= 4 is 32.5 Å². The maximum atomic E-state index is 13.5. The molecule has 4 rings (SSSR count). The molecule has 192 valence electrons. The first-order valence-corrected chi connectivity index (χ1v) is 13.8. The van der Waals surface area contributed by atoms with Crippen molar-refractivity contribution in [2.24, 2.45) is 7.05 Å². The maximum absolute atomic E-state index is 13.5. The fourth-order valence-corrected chi connectivity index (χ4v) is 6.41. The molecule has 0 unspecified atom stereocenters. The molecule has 0 radical (unpaired) electrons. The topological polar surface area (TPSA) is 82.9 Å². The molecule has 9 heteroatoms. The molecule has 1 aliphatic heterocycles. The van der Waals surface area contributed by atoms with Crippen molar-refractivity contribution < 1.29 is 13.2 Å². The third kappa shape index (κ3) is 4.65. The van der Waals surface area contributed by atoms with E-state index in [2.05, 4.69) is 43.0 Å². The van der Waals surface area contributed by atoms with E-state index in [1.165, 1.54) is 22.0 Å². The number of carbonyl (C=O) groups excluding carboxylic acids is 1. The number of amides is 1. The molecule has 1 aromatic heterocycles. The second kappa shape index (κ2) is 10.1. The van der Waals surface area contributed by atoms with Gasteiger partial charge in [-0.25, -0.2) is 8.42 Å². The minimum absolute atomic E-state index is 0.0540. The summed E-state index contributed by atoms with van der Waals surface area (Å²) in [6.07, 6.45) is 1.56. The van der Waals surface area contributed by atoms with Crippen molar-refractivity contribution in [2.45, 2.75) is 38.6 Å². The lowest BCUT2D eigenvalue weighted by molar-refractivity contribution is 0.0724. The number of carbonyl (C=O) groups is 1. The highest BCUT2D eigenvalue weighted by Gasteiger charge is 2.30. The Morgan fingerprint density at radius 1 is 1.06 bits per heavy atom. The van der Waals surface area contributed by atoms with Crippen LogP contribution in [0.1, 0.15) is 36.7 Å². The van der Waals surface area contributed by atoms with Gasteiger partial charge < -0.3 is 14.4 Å². The number of piperazine rings is 1. The Labute approximate surface area is 212 Å². The second-order valence-corrected chi connectivity index (χ2v) is 11.3. The highest BCUT2D eigenvalue weighted by molar-refractivity contribution is 7.89. The predicted octanol–water partition coefficient (Wildman–Crippen LogP) is 3.23. The zero-order valence-corrected chi connectivity index (χ0v) is 22.4. The molecule has 1 aliphatic rings. The molecule has 1 amide bonds. The van der Waals surface area contributed by atoms with Gasteiger partial charge in [0, 0.05) is 63.1 Å². The Balaban J connectivity index is 1.66. The number of rotatable bonds is 6. The molecule has 2 aromatic carbocycles. The summed E-state index contributed by atoms with van der Waals surface area (Å²) < 4.78 is 29.1. The van der Waals surface area contributed by atoms with Crippen LogP contribution in [0, 0.1) is 6.92 Å². The second-order valence-electron chi connectivity index (χ2n) is 9.38. The first-order valence-electron chi connectivity index (χ1n) is 12.3. The molecule has 0 N–H and O–H groups in total. The van der Waals surface area contributed by atoms with Crippen LogP contribution in [0.2, 0.25) is 0 Å². The molecule has 0 aliphatic carbocycles. The smallest absolute Gasteiger partial charge is 0.259 e. The Kier molecular flexibility index (Phi) is 7.24. The summed E-state index contributed by atoms with van der Waals surface area (Å²) in [4.78, 5) is 31.0. The molecule has 0 saturated carbocycles. The monoisotopic (exact) mass is 510 g/mol. The summed E-state index contributed by atoms with van der Waals surface area (Å²) in [6, 6.07) is 13.0. The van der Waals surface area contributed by atoms with E-state index in [-0.39, 0.29) is 27.8 Å². The Morgan fingerprint density at radius 3 is 2.33 bits per heavy atom. The van der Waals surface area contributed by atoms with Crippen LogP contribution in [-0.2, 0) is 17.1 Å². The Hall–Kier alpha value is -3.17. The number of hydrogen-bond donors (Lipinski definition) is 0. The van der Waals surface area contributed by atoms with Gasteiger partial charge in [0.05, 0.1) is 10.4 Å². The summed E-state index contributed by atoms with van der Waals surface area (Å²) in [5.41, 5.74) is 2.49. The summed E-state index contributed by atoms with van der Waals surface area (Å²) in [7, 11) is -1.98. The maximum Gasteiger partial charge on any atom is 0.259 e. The van der Waals surface area contributed by atoms with E-state index < -0.39 is 15.5 Å². The lowest BCUT2D eigenvalue weighted by atomic mass is 10.1. The molecule has 1 atom stereocenters. The third-order valence-electron chi connectivity index (χ3n) is 7.01. The average molecular weight is 511 g/mol. The number of pyridine rings is 1. The van der Waals surface area contributed by atoms with Gasteiger partial charge in [-0.2, -0.15) is 4.31 Å². The number of anilines is 1. The molecule has 3 aromatic rings. The SMILES string of the molecule is CCN(CC)S(=O)(=O)c1ccc2c(c1)c(=O)c(C(=O)N1CCN(c3ccc(C)cc3)[C@@H](C)C1)cn2C. The highest BCUT2D eigenvalue weighted by atomic mass is 32.2. The number of aryl methyl sites for hydroxylation is 2. The van der Waals surface area contributed by atoms with E-state index >= 15 is 0 Å². The van der Waals surface area contributed by atoms with Crippen molar-refractivity contribution in [3.05, 3.63) is 70.0 Å². The quantitative estimate of drug-likeness (QED) is 0.509. The summed E-state index contributed by atoms with van der Waals surface area (Å²) in [6.45, 7) is 9.99. The molecule has 36 heavy (non-hydrogen) atoms. The zero-order chi connectivity index (χ0) is 26.2. The molecule has 2 heterocycles. The average Bonchev–Trinajstić information content (AvgIpc) is 2.86. The number of hydrogen-bond acceptors (Lipinski definition) is 5. The molecule has 8 nitrogen and oxygen atoms in total. The van der Waals surface area contributed by atoms with E-state index in [0.717, 1.165) is 5.69 Å². The van der Waals surface area contributed by atoms with Crippen LogP contribution in [0.15, 0.2) is 58.4 Å². The normalized spacial score (nSPS) is 16.7. The van der Waals surface area contributed by atoms with Gasteiger partial charge in [0.15, 0.2) is 0 Å². The lowest BCUT2D eigenvalue weighted by Crippen LogP contribution is -2.54. The first-order chi connectivity index (χ1) is 17.1. The van der Waals surface area contributed by atoms with Crippen LogP contribution >= 0.6 is 0 Å². The van der Waals surface area contributed by atoms with Gasteiger partial charge >= 0.3 is 0 Å². The fraction of sp³-hybridized carbons (Fsp3) is 0.407. The molecular weight excluding hydrogens is 476 g/mol. The van der Waals surface area contributed by atoms with Crippen molar-refractivity contribution in [1.29, 1.82) is 0 Å². The number of nitrogens with zero attached hydrogens (tertiary/aromatic N) is 4. The van der Waals surface area contributed by atoms with Gasteiger partial charge in [-0.05, 0) is 44.2 Å². The third-order valence-corrected chi connectivity index (χ3v) is 9.06. The zero-order valence-electron chi connectivity index (χ0n) is 21.6. The van der Waals surface area contributed by atoms with E-state index in [4.69, 9.17) is 0 Å². The lowest BCUT2D eigenvalue weighted by Gasteiger charge is -2.41. The van der Waals surface area contributed by atoms with E-state index in [1.807, 2.05) is 0 Å². The Bertz CT molecular complexity index is 1440. The van der Waals surface area contributed by atoms with Crippen molar-refractivity contribution in [3.8, 4) is 0 Å². The van der Waals surface area contributed by atoms with Crippen LogP contribution in [0.25, 0.3) is 10.9 Å². The predicted molar refractivity (Wildman–Crippen MR) is 143 cm³/mol. The summed E-state index contributed by atoms with van der Waals surface area (Å²) in [5, 5.41) is 0.225. The molecule has 0 bridgehead atoms. The number of sulfonamides is 1. The van der Waals surface area contributed by atoms with Crippen LogP contribution in [-0.4, -0.2) is 66.9 Å². The van der Waals surface area contributed by atoms with Crippen LogP contribution in [0.3, 0.4) is 0 Å². The summed E-state index contributed by atoms with van der Waals surface area (Å²) >= 11 is 0. The number of aromatic nitrogens is 1.